The summed E-state index contributed by atoms with van der Waals surface area (Å²) in [5.41, 5.74) is 4.64. The SMILES string of the molecule is C=C/C1=C(\C=C)CCc2ccccc2C#C1. The Morgan fingerprint density at radius 2 is 1.81 bits per heavy atom. The van der Waals surface area contributed by atoms with Crippen LogP contribution < -0.4 is 0 Å². The van der Waals surface area contributed by atoms with Gasteiger partial charge in [-0.15, -0.1) is 0 Å². The Labute approximate surface area is 97.0 Å². The topological polar surface area (TPSA) is 0 Å². The molecule has 16 heavy (non-hydrogen) atoms. The fourth-order valence-corrected chi connectivity index (χ4v) is 1.87. The van der Waals surface area contributed by atoms with Gasteiger partial charge in [-0.2, -0.15) is 0 Å². The maximum absolute atomic E-state index is 3.84. The van der Waals surface area contributed by atoms with Crippen molar-refractivity contribution in [3.63, 3.8) is 0 Å². The number of rotatable bonds is 2. The van der Waals surface area contributed by atoms with Gasteiger partial charge in [0.05, 0.1) is 0 Å². The molecule has 0 spiro atoms. The van der Waals surface area contributed by atoms with Crippen LogP contribution in [-0.2, 0) is 6.42 Å². The smallest absolute Gasteiger partial charge is 0.0281 e. The van der Waals surface area contributed by atoms with E-state index in [1.165, 1.54) is 11.1 Å². The zero-order valence-electron chi connectivity index (χ0n) is 9.29. The first-order valence-electron chi connectivity index (χ1n) is 5.43. The highest BCUT2D eigenvalue weighted by atomic mass is 14.1. The van der Waals surface area contributed by atoms with Crippen molar-refractivity contribution in [2.24, 2.45) is 0 Å². The maximum Gasteiger partial charge on any atom is 0.0281 e. The molecule has 0 fully saturated rings. The van der Waals surface area contributed by atoms with E-state index in [0.29, 0.717) is 0 Å². The second kappa shape index (κ2) is 4.68. The summed E-state index contributed by atoms with van der Waals surface area (Å²) < 4.78 is 0. The number of benzene rings is 1. The summed E-state index contributed by atoms with van der Waals surface area (Å²) >= 11 is 0. The van der Waals surface area contributed by atoms with Crippen molar-refractivity contribution in [2.45, 2.75) is 12.8 Å². The Hall–Kier alpha value is -2.00. The summed E-state index contributed by atoms with van der Waals surface area (Å²) in [5, 5.41) is 0. The third kappa shape index (κ3) is 1.99. The second-order valence-corrected chi connectivity index (χ2v) is 3.75. The van der Waals surface area contributed by atoms with E-state index >= 15 is 0 Å². The molecule has 0 aliphatic heterocycles. The summed E-state index contributed by atoms with van der Waals surface area (Å²) in [5.74, 6) is 6.37. The molecule has 0 nitrogen and oxygen atoms in total. The van der Waals surface area contributed by atoms with Gasteiger partial charge in [-0.05, 0) is 30.0 Å². The van der Waals surface area contributed by atoms with Crippen molar-refractivity contribution in [1.82, 2.24) is 0 Å². The maximum atomic E-state index is 3.84. The predicted octanol–water partition coefficient (Wildman–Crippen LogP) is 3.65. The van der Waals surface area contributed by atoms with Crippen molar-refractivity contribution < 1.29 is 0 Å². The van der Waals surface area contributed by atoms with Gasteiger partial charge in [0.2, 0.25) is 0 Å². The first-order chi connectivity index (χ1) is 7.85. The second-order valence-electron chi connectivity index (χ2n) is 3.75. The van der Waals surface area contributed by atoms with Crippen LogP contribution in [-0.4, -0.2) is 0 Å². The number of fused-ring (bicyclic) bond motifs is 1. The van der Waals surface area contributed by atoms with Crippen LogP contribution in [0.5, 0.6) is 0 Å². The summed E-state index contributed by atoms with van der Waals surface area (Å²) in [4.78, 5) is 0. The Morgan fingerprint density at radius 1 is 1.00 bits per heavy atom. The quantitative estimate of drug-likeness (QED) is 0.648. The molecule has 1 aromatic rings. The monoisotopic (exact) mass is 206 g/mol. The number of aryl methyl sites for hydroxylation is 1. The predicted molar refractivity (Wildman–Crippen MR) is 69.1 cm³/mol. The third-order valence-electron chi connectivity index (χ3n) is 2.81. The van der Waals surface area contributed by atoms with Crippen LogP contribution >= 0.6 is 0 Å². The van der Waals surface area contributed by atoms with E-state index in [2.05, 4.69) is 43.2 Å². The highest BCUT2D eigenvalue weighted by molar-refractivity contribution is 5.53. The molecular formula is C16H14. The fourth-order valence-electron chi connectivity index (χ4n) is 1.87. The molecular weight excluding hydrogens is 192 g/mol. The van der Waals surface area contributed by atoms with Crippen molar-refractivity contribution in [3.8, 4) is 11.8 Å². The van der Waals surface area contributed by atoms with Gasteiger partial charge in [-0.25, -0.2) is 0 Å². The first kappa shape index (κ1) is 10.5. The number of allylic oxidation sites excluding steroid dienone is 4. The number of hydrogen-bond donors (Lipinski definition) is 0. The van der Waals surface area contributed by atoms with Crippen LogP contribution in [0.2, 0.25) is 0 Å². The van der Waals surface area contributed by atoms with E-state index in [1.54, 1.807) is 0 Å². The minimum atomic E-state index is 0.983. The molecule has 0 unspecified atom stereocenters. The standard InChI is InChI=1S/C16H14/c1-3-13-9-11-15-7-5-6-8-16(15)12-10-14(13)4-2/h3-8H,1-2,9,11H2/b14-13-. The first-order valence-corrected chi connectivity index (χ1v) is 5.43. The van der Waals surface area contributed by atoms with E-state index < -0.39 is 0 Å². The van der Waals surface area contributed by atoms with Gasteiger partial charge in [-0.1, -0.05) is 55.3 Å². The minimum Gasteiger partial charge on any atom is -0.0987 e. The van der Waals surface area contributed by atoms with E-state index in [4.69, 9.17) is 0 Å². The van der Waals surface area contributed by atoms with Crippen molar-refractivity contribution in [3.05, 3.63) is 71.8 Å². The van der Waals surface area contributed by atoms with Gasteiger partial charge in [0.1, 0.15) is 0 Å². The molecule has 1 aliphatic rings. The zero-order valence-corrected chi connectivity index (χ0v) is 9.29. The minimum absolute atomic E-state index is 0.983. The van der Waals surface area contributed by atoms with Crippen LogP contribution in [0.1, 0.15) is 17.5 Å². The summed E-state index contributed by atoms with van der Waals surface area (Å²) in [7, 11) is 0. The highest BCUT2D eigenvalue weighted by Gasteiger charge is 2.05. The normalized spacial score (nSPS) is 18.5. The molecule has 0 N–H and O–H groups in total. The fraction of sp³-hybridized carbons (Fsp3) is 0.125. The van der Waals surface area contributed by atoms with E-state index in [9.17, 15) is 0 Å². The van der Waals surface area contributed by atoms with Gasteiger partial charge >= 0.3 is 0 Å². The van der Waals surface area contributed by atoms with E-state index in [1.807, 2.05) is 18.2 Å². The van der Waals surface area contributed by atoms with Gasteiger partial charge in [0, 0.05) is 11.1 Å². The molecule has 0 bridgehead atoms. The van der Waals surface area contributed by atoms with Crippen molar-refractivity contribution in [2.75, 3.05) is 0 Å². The molecule has 78 valence electrons. The van der Waals surface area contributed by atoms with Crippen LogP contribution in [0.3, 0.4) is 0 Å². The molecule has 0 radical (unpaired) electrons. The van der Waals surface area contributed by atoms with Gasteiger partial charge in [0.25, 0.3) is 0 Å². The third-order valence-corrected chi connectivity index (χ3v) is 2.81. The van der Waals surface area contributed by atoms with Gasteiger partial charge in [-0.3, -0.25) is 0 Å². The molecule has 0 aromatic heterocycles. The molecule has 0 amide bonds. The largest absolute Gasteiger partial charge is 0.0987 e. The Bertz CT molecular complexity index is 518. The molecule has 1 aromatic carbocycles. The number of hydrogen-bond acceptors (Lipinski definition) is 0. The lowest BCUT2D eigenvalue weighted by molar-refractivity contribution is 0.955. The Kier molecular flexibility index (Phi) is 3.08. The molecule has 0 saturated carbocycles. The van der Waals surface area contributed by atoms with Gasteiger partial charge < -0.3 is 0 Å². The van der Waals surface area contributed by atoms with Crippen LogP contribution in [0.15, 0.2) is 60.7 Å². The van der Waals surface area contributed by atoms with Crippen molar-refractivity contribution in [1.29, 1.82) is 0 Å². The van der Waals surface area contributed by atoms with Crippen LogP contribution in [0, 0.1) is 11.8 Å². The average Bonchev–Trinajstić information content (AvgIpc) is 2.31. The Morgan fingerprint density at radius 3 is 2.56 bits per heavy atom. The average molecular weight is 206 g/mol. The lowest BCUT2D eigenvalue weighted by atomic mass is 9.94. The molecule has 2 rings (SSSR count). The van der Waals surface area contributed by atoms with E-state index in [0.717, 1.165) is 24.0 Å². The van der Waals surface area contributed by atoms with E-state index in [-0.39, 0.29) is 0 Å². The molecule has 0 saturated heterocycles. The molecule has 0 atom stereocenters. The highest BCUT2D eigenvalue weighted by Crippen LogP contribution is 2.19. The zero-order chi connectivity index (χ0) is 11.4. The molecule has 0 heterocycles. The summed E-state index contributed by atoms with van der Waals surface area (Å²) in [6, 6.07) is 8.31. The molecule has 1 aliphatic carbocycles. The Balaban J connectivity index is 2.52. The van der Waals surface area contributed by atoms with Crippen molar-refractivity contribution >= 4 is 0 Å². The van der Waals surface area contributed by atoms with Crippen LogP contribution in [0.25, 0.3) is 0 Å². The van der Waals surface area contributed by atoms with Gasteiger partial charge in [0.15, 0.2) is 0 Å². The van der Waals surface area contributed by atoms with Crippen LogP contribution in [0.4, 0.5) is 0 Å². The molecule has 0 heteroatoms. The lowest BCUT2D eigenvalue weighted by Crippen LogP contribution is -1.96. The summed E-state index contributed by atoms with van der Waals surface area (Å²) in [6.45, 7) is 7.64. The lowest BCUT2D eigenvalue weighted by Gasteiger charge is -2.09. The summed E-state index contributed by atoms with van der Waals surface area (Å²) in [6.07, 6.45) is 5.71.